The summed E-state index contributed by atoms with van der Waals surface area (Å²) in [6, 6.07) is 5.32. The lowest BCUT2D eigenvalue weighted by Gasteiger charge is -2.28. The van der Waals surface area contributed by atoms with Crippen LogP contribution in [0.4, 0.5) is 5.69 Å². The molecule has 3 rings (SSSR count). The van der Waals surface area contributed by atoms with Gasteiger partial charge in [0.25, 0.3) is 5.91 Å². The van der Waals surface area contributed by atoms with Crippen LogP contribution in [0.3, 0.4) is 0 Å². The molecule has 1 aliphatic carbocycles. The van der Waals surface area contributed by atoms with E-state index in [1.54, 1.807) is 18.2 Å². The van der Waals surface area contributed by atoms with Gasteiger partial charge in [-0.2, -0.15) is 0 Å². The lowest BCUT2D eigenvalue weighted by molar-refractivity contribution is -0.117. The van der Waals surface area contributed by atoms with E-state index in [2.05, 4.69) is 22.9 Å². The number of hydrogen-bond acceptors (Lipinski definition) is 3. The fraction of sp³-hybridized carbons (Fsp3) is 0.579. The van der Waals surface area contributed by atoms with Crippen LogP contribution in [-0.4, -0.2) is 30.9 Å². The van der Waals surface area contributed by atoms with Crippen molar-refractivity contribution in [2.45, 2.75) is 45.1 Å². The fourth-order valence-corrected chi connectivity index (χ4v) is 3.51. The number of benzene rings is 1. The lowest BCUT2D eigenvalue weighted by Crippen LogP contribution is -2.34. The molecule has 3 N–H and O–H groups in total. The van der Waals surface area contributed by atoms with Gasteiger partial charge in [0, 0.05) is 18.2 Å². The van der Waals surface area contributed by atoms with Gasteiger partial charge in [-0.15, -0.1) is 0 Å². The number of carbonyl (C=O) groups excluding carboxylic acids is 2. The van der Waals surface area contributed by atoms with E-state index in [-0.39, 0.29) is 17.9 Å². The molecule has 136 valence electrons. The summed E-state index contributed by atoms with van der Waals surface area (Å²) in [6.07, 6.45) is 4.88. The Morgan fingerprint density at radius 1 is 1.32 bits per heavy atom. The van der Waals surface area contributed by atoms with E-state index in [1.807, 2.05) is 0 Å². The molecule has 0 bridgehead atoms. The van der Waals surface area contributed by atoms with Crippen molar-refractivity contribution in [3.63, 3.8) is 0 Å². The molecule has 1 saturated carbocycles. The molecule has 2 unspecified atom stereocenters. The van der Waals surface area contributed by atoms with Crippen molar-refractivity contribution in [1.29, 1.82) is 0 Å². The van der Waals surface area contributed by atoms with Crippen molar-refractivity contribution in [1.82, 2.24) is 10.6 Å². The zero-order valence-corrected chi connectivity index (χ0v) is 15.4. The van der Waals surface area contributed by atoms with E-state index >= 15 is 0 Å². The maximum Gasteiger partial charge on any atom is 0.253 e. The number of halogens is 1. The molecule has 2 aliphatic rings. The Morgan fingerprint density at radius 2 is 2.12 bits per heavy atom. The summed E-state index contributed by atoms with van der Waals surface area (Å²) in [5, 5.41) is 9.62. The Hall–Kier alpha value is -1.59. The number of piperidine rings is 1. The van der Waals surface area contributed by atoms with Crippen LogP contribution in [0.1, 0.15) is 49.4 Å². The van der Waals surface area contributed by atoms with E-state index < -0.39 is 0 Å². The van der Waals surface area contributed by atoms with Gasteiger partial charge in [-0.3, -0.25) is 9.59 Å². The van der Waals surface area contributed by atoms with Gasteiger partial charge >= 0.3 is 0 Å². The third-order valence-corrected chi connectivity index (χ3v) is 5.38. The Balaban J connectivity index is 1.57. The number of nitrogens with one attached hydrogen (secondary N) is 3. The Kier molecular flexibility index (Phi) is 5.97. The van der Waals surface area contributed by atoms with Crippen LogP contribution in [0.2, 0.25) is 5.02 Å². The topological polar surface area (TPSA) is 70.2 Å². The van der Waals surface area contributed by atoms with Gasteiger partial charge in [0.1, 0.15) is 0 Å². The van der Waals surface area contributed by atoms with E-state index in [0.29, 0.717) is 34.5 Å². The molecule has 1 aromatic rings. The van der Waals surface area contributed by atoms with Crippen LogP contribution in [0.5, 0.6) is 0 Å². The van der Waals surface area contributed by atoms with Gasteiger partial charge in [0.15, 0.2) is 0 Å². The SMILES string of the molecule is CC(CC(=O)Nc1ccc(Cl)c(C(=O)NC2CC2)c1)C1CCCNC1. The monoisotopic (exact) mass is 363 g/mol. The predicted octanol–water partition coefficient (Wildman–Crippen LogP) is 3.20. The van der Waals surface area contributed by atoms with Gasteiger partial charge in [0.2, 0.25) is 5.91 Å². The molecule has 1 saturated heterocycles. The van der Waals surface area contributed by atoms with Crippen LogP contribution in [0.25, 0.3) is 0 Å². The van der Waals surface area contributed by atoms with Gasteiger partial charge in [-0.1, -0.05) is 18.5 Å². The fourth-order valence-electron chi connectivity index (χ4n) is 3.30. The van der Waals surface area contributed by atoms with Gasteiger partial charge in [-0.25, -0.2) is 0 Å². The minimum absolute atomic E-state index is 0.0195. The van der Waals surface area contributed by atoms with E-state index in [1.165, 1.54) is 12.8 Å². The summed E-state index contributed by atoms with van der Waals surface area (Å²) in [7, 11) is 0. The largest absolute Gasteiger partial charge is 0.349 e. The average Bonchev–Trinajstić information content (AvgIpc) is 3.41. The first-order chi connectivity index (χ1) is 12.0. The number of carbonyl (C=O) groups is 2. The smallest absolute Gasteiger partial charge is 0.253 e. The van der Waals surface area contributed by atoms with E-state index in [4.69, 9.17) is 11.6 Å². The normalized spacial score (nSPS) is 21.4. The highest BCUT2D eigenvalue weighted by Crippen LogP contribution is 2.25. The molecule has 6 heteroatoms. The molecule has 1 aliphatic heterocycles. The number of anilines is 1. The molecule has 0 spiro atoms. The van der Waals surface area contributed by atoms with Crippen molar-refractivity contribution in [2.75, 3.05) is 18.4 Å². The third-order valence-electron chi connectivity index (χ3n) is 5.05. The zero-order chi connectivity index (χ0) is 17.8. The summed E-state index contributed by atoms with van der Waals surface area (Å²) < 4.78 is 0. The van der Waals surface area contributed by atoms with Crippen molar-refractivity contribution in [3.8, 4) is 0 Å². The molecular formula is C19H26ClN3O2. The Morgan fingerprint density at radius 3 is 2.80 bits per heavy atom. The Bertz CT molecular complexity index is 640. The molecule has 2 fully saturated rings. The maximum absolute atomic E-state index is 12.4. The van der Waals surface area contributed by atoms with Crippen molar-refractivity contribution in [3.05, 3.63) is 28.8 Å². The lowest BCUT2D eigenvalue weighted by atomic mass is 9.85. The summed E-state index contributed by atoms with van der Waals surface area (Å²) >= 11 is 6.14. The highest BCUT2D eigenvalue weighted by molar-refractivity contribution is 6.34. The maximum atomic E-state index is 12.4. The molecule has 1 heterocycles. The second-order valence-electron chi connectivity index (χ2n) is 7.28. The quantitative estimate of drug-likeness (QED) is 0.726. The van der Waals surface area contributed by atoms with Crippen LogP contribution >= 0.6 is 11.6 Å². The number of rotatable bonds is 6. The molecule has 0 radical (unpaired) electrons. The second kappa shape index (κ2) is 8.19. The van der Waals surface area contributed by atoms with Gasteiger partial charge < -0.3 is 16.0 Å². The van der Waals surface area contributed by atoms with Crippen molar-refractivity contribution < 1.29 is 9.59 Å². The minimum Gasteiger partial charge on any atom is -0.349 e. The highest BCUT2D eigenvalue weighted by atomic mass is 35.5. The first-order valence-corrected chi connectivity index (χ1v) is 9.51. The van der Waals surface area contributed by atoms with E-state index in [0.717, 1.165) is 25.9 Å². The number of hydrogen-bond donors (Lipinski definition) is 3. The number of amides is 2. The standard InChI is InChI=1S/C19H26ClN3O2/c1-12(13-3-2-8-21-11-13)9-18(24)22-15-6-7-17(20)16(10-15)19(25)23-14-4-5-14/h6-7,10,12-14,21H,2-5,8-9,11H2,1H3,(H,22,24)(H,23,25). The minimum atomic E-state index is -0.176. The van der Waals surface area contributed by atoms with Crippen LogP contribution in [0, 0.1) is 11.8 Å². The second-order valence-corrected chi connectivity index (χ2v) is 7.69. The van der Waals surface area contributed by atoms with Gasteiger partial charge in [-0.05, 0) is 68.8 Å². The van der Waals surface area contributed by atoms with E-state index in [9.17, 15) is 9.59 Å². The highest BCUT2D eigenvalue weighted by Gasteiger charge is 2.25. The van der Waals surface area contributed by atoms with Gasteiger partial charge in [0.05, 0.1) is 10.6 Å². The zero-order valence-electron chi connectivity index (χ0n) is 14.6. The summed E-state index contributed by atoms with van der Waals surface area (Å²) in [5.41, 5.74) is 1.03. The Labute approximate surface area is 153 Å². The first kappa shape index (κ1) is 18.2. The predicted molar refractivity (Wildman–Crippen MR) is 99.9 cm³/mol. The molecule has 1 aromatic carbocycles. The van der Waals surface area contributed by atoms with Crippen LogP contribution in [-0.2, 0) is 4.79 Å². The molecule has 2 amide bonds. The van der Waals surface area contributed by atoms with Crippen molar-refractivity contribution >= 4 is 29.1 Å². The first-order valence-electron chi connectivity index (χ1n) is 9.14. The molecule has 5 nitrogen and oxygen atoms in total. The molecule has 2 atom stereocenters. The average molecular weight is 364 g/mol. The third kappa shape index (κ3) is 5.19. The van der Waals surface area contributed by atoms with Crippen LogP contribution < -0.4 is 16.0 Å². The molecule has 0 aromatic heterocycles. The summed E-state index contributed by atoms with van der Waals surface area (Å²) in [4.78, 5) is 24.6. The molecular weight excluding hydrogens is 338 g/mol. The van der Waals surface area contributed by atoms with Crippen molar-refractivity contribution in [2.24, 2.45) is 11.8 Å². The van der Waals surface area contributed by atoms with Crippen LogP contribution in [0.15, 0.2) is 18.2 Å². The summed E-state index contributed by atoms with van der Waals surface area (Å²) in [5.74, 6) is 0.682. The summed E-state index contributed by atoms with van der Waals surface area (Å²) in [6.45, 7) is 4.19. The molecule has 25 heavy (non-hydrogen) atoms.